The summed E-state index contributed by atoms with van der Waals surface area (Å²) in [5, 5.41) is 0. The Morgan fingerprint density at radius 1 is 0.818 bits per heavy atom. The first kappa shape index (κ1) is 20.7. The predicted molar refractivity (Wildman–Crippen MR) is 88.4 cm³/mol. The summed E-state index contributed by atoms with van der Waals surface area (Å²) in [5.41, 5.74) is -1.12. The molecular weight excluding hydrogens is 280 g/mol. The second-order valence-corrected chi connectivity index (χ2v) is 7.00. The van der Waals surface area contributed by atoms with E-state index in [1.165, 1.54) is 0 Å². The lowest BCUT2D eigenvalue weighted by Gasteiger charge is -2.31. The topological polar surface area (TPSA) is 52.6 Å². The largest absolute Gasteiger partial charge is 0.456 e. The summed E-state index contributed by atoms with van der Waals surface area (Å²) < 4.78 is 10.8. The zero-order chi connectivity index (χ0) is 17.6. The van der Waals surface area contributed by atoms with E-state index in [0.29, 0.717) is 0 Å². The predicted octanol–water partition coefficient (Wildman–Crippen LogP) is 4.28. The Kier molecular flexibility index (Phi) is 7.85. The molecule has 0 heterocycles. The van der Waals surface area contributed by atoms with Crippen molar-refractivity contribution >= 4 is 11.9 Å². The smallest absolute Gasteiger partial charge is 0.331 e. The van der Waals surface area contributed by atoms with E-state index in [0.717, 1.165) is 25.0 Å². The highest BCUT2D eigenvalue weighted by Crippen LogP contribution is 2.25. The summed E-state index contributed by atoms with van der Waals surface area (Å²) in [6, 6.07) is 0. The van der Waals surface area contributed by atoms with Crippen LogP contribution < -0.4 is 0 Å². The maximum absolute atomic E-state index is 11.8. The summed E-state index contributed by atoms with van der Waals surface area (Å²) in [6.07, 6.45) is 4.10. The van der Waals surface area contributed by atoms with Crippen LogP contribution in [0, 0.1) is 11.8 Å². The number of hydrogen-bond donors (Lipinski definition) is 0. The number of rotatable bonds is 8. The molecular formula is C18H32O4. The fourth-order valence-electron chi connectivity index (χ4n) is 1.91. The van der Waals surface area contributed by atoms with Crippen LogP contribution in [-0.4, -0.2) is 23.1 Å². The Bertz CT molecular complexity index is 369. The van der Waals surface area contributed by atoms with E-state index in [-0.39, 0.29) is 11.8 Å². The van der Waals surface area contributed by atoms with Crippen molar-refractivity contribution in [2.75, 3.05) is 0 Å². The molecule has 22 heavy (non-hydrogen) atoms. The number of hydrogen-bond acceptors (Lipinski definition) is 4. The van der Waals surface area contributed by atoms with Crippen LogP contribution in [0.1, 0.15) is 68.2 Å². The summed E-state index contributed by atoms with van der Waals surface area (Å²) >= 11 is 0. The minimum Gasteiger partial charge on any atom is -0.456 e. The Morgan fingerprint density at radius 3 is 1.32 bits per heavy atom. The van der Waals surface area contributed by atoms with Gasteiger partial charge in [0, 0.05) is 12.2 Å². The van der Waals surface area contributed by atoms with Gasteiger partial charge in [0.25, 0.3) is 0 Å². The fraction of sp³-hybridized carbons (Fsp3) is 0.778. The van der Waals surface area contributed by atoms with E-state index in [2.05, 4.69) is 0 Å². The molecule has 0 aliphatic carbocycles. The molecule has 0 aromatic heterocycles. The van der Waals surface area contributed by atoms with Crippen LogP contribution in [0.4, 0.5) is 0 Å². The van der Waals surface area contributed by atoms with Crippen molar-refractivity contribution < 1.29 is 19.1 Å². The highest BCUT2D eigenvalue weighted by molar-refractivity contribution is 5.92. The third kappa shape index (κ3) is 6.63. The first-order valence-electron chi connectivity index (χ1n) is 8.10. The quantitative estimate of drug-likeness (QED) is 0.496. The Hall–Kier alpha value is -1.32. The molecule has 0 amide bonds. The maximum Gasteiger partial charge on any atom is 0.331 e. The van der Waals surface area contributed by atoms with Gasteiger partial charge < -0.3 is 9.47 Å². The zero-order valence-corrected chi connectivity index (χ0v) is 15.4. The van der Waals surface area contributed by atoms with Gasteiger partial charge in [-0.3, -0.25) is 0 Å². The molecule has 4 nitrogen and oxygen atoms in total. The third-order valence-electron chi connectivity index (χ3n) is 4.68. The van der Waals surface area contributed by atoms with Crippen LogP contribution in [0.3, 0.4) is 0 Å². The molecule has 128 valence electrons. The van der Waals surface area contributed by atoms with E-state index in [9.17, 15) is 9.59 Å². The van der Waals surface area contributed by atoms with E-state index in [4.69, 9.17) is 9.47 Å². The van der Waals surface area contributed by atoms with Gasteiger partial charge in [-0.1, -0.05) is 27.7 Å². The van der Waals surface area contributed by atoms with Crippen LogP contribution >= 0.6 is 0 Å². The van der Waals surface area contributed by atoms with Gasteiger partial charge in [-0.2, -0.15) is 0 Å². The van der Waals surface area contributed by atoms with Crippen molar-refractivity contribution in [1.82, 2.24) is 0 Å². The van der Waals surface area contributed by atoms with Crippen molar-refractivity contribution in [2.45, 2.75) is 79.4 Å². The van der Waals surface area contributed by atoms with Crippen LogP contribution in [0.2, 0.25) is 0 Å². The van der Waals surface area contributed by atoms with Crippen LogP contribution in [-0.2, 0) is 19.1 Å². The Balaban J connectivity index is 4.60. The molecule has 0 radical (unpaired) electrons. The monoisotopic (exact) mass is 312 g/mol. The first-order valence-corrected chi connectivity index (χ1v) is 8.10. The van der Waals surface area contributed by atoms with Crippen molar-refractivity contribution in [3.8, 4) is 0 Å². The molecule has 0 aliphatic heterocycles. The van der Waals surface area contributed by atoms with Gasteiger partial charge in [-0.05, 0) is 52.4 Å². The highest BCUT2D eigenvalue weighted by atomic mass is 16.6. The van der Waals surface area contributed by atoms with E-state index in [1.54, 1.807) is 0 Å². The summed E-state index contributed by atoms with van der Waals surface area (Å²) in [7, 11) is 0. The summed E-state index contributed by atoms with van der Waals surface area (Å²) in [4.78, 5) is 23.6. The molecule has 0 bridgehead atoms. The molecule has 0 rings (SSSR count). The minimum atomic E-state index is -0.559. The number of esters is 2. The van der Waals surface area contributed by atoms with Crippen LogP contribution in [0.25, 0.3) is 0 Å². The third-order valence-corrected chi connectivity index (χ3v) is 4.68. The standard InChI is InChI=1S/C18H32O4/c1-9-13(3)17(5,6)21-15(19)11-12-16(20)22-18(7,8)14(4)10-2/h11-14H,9-10H2,1-8H3/b12-11+. The number of ether oxygens (including phenoxy) is 2. The molecule has 0 saturated carbocycles. The molecule has 0 fully saturated rings. The molecule has 0 spiro atoms. The molecule has 2 unspecified atom stereocenters. The molecule has 0 saturated heterocycles. The SMILES string of the molecule is CCC(C)C(C)(C)OC(=O)/C=C/C(=O)OC(C)(C)C(C)CC. The van der Waals surface area contributed by atoms with Crippen LogP contribution in [0.15, 0.2) is 12.2 Å². The normalized spacial score (nSPS) is 15.5. The summed E-state index contributed by atoms with van der Waals surface area (Å²) in [6.45, 7) is 15.6. The number of carbonyl (C=O) groups is 2. The number of carbonyl (C=O) groups excluding carboxylic acids is 2. The molecule has 0 N–H and O–H groups in total. The first-order chi connectivity index (χ1) is 9.96. The second-order valence-electron chi connectivity index (χ2n) is 7.00. The van der Waals surface area contributed by atoms with E-state index >= 15 is 0 Å². The average molecular weight is 312 g/mol. The van der Waals surface area contributed by atoms with Gasteiger partial charge in [-0.15, -0.1) is 0 Å². The lowest BCUT2D eigenvalue weighted by atomic mass is 9.90. The van der Waals surface area contributed by atoms with Crippen molar-refractivity contribution in [2.24, 2.45) is 11.8 Å². The van der Waals surface area contributed by atoms with Gasteiger partial charge >= 0.3 is 11.9 Å². The van der Waals surface area contributed by atoms with Gasteiger partial charge in [-0.25, -0.2) is 9.59 Å². The maximum atomic E-state index is 11.8. The van der Waals surface area contributed by atoms with E-state index in [1.807, 2.05) is 55.4 Å². The zero-order valence-electron chi connectivity index (χ0n) is 15.4. The van der Waals surface area contributed by atoms with Gasteiger partial charge in [0.1, 0.15) is 11.2 Å². The van der Waals surface area contributed by atoms with Gasteiger partial charge in [0.2, 0.25) is 0 Å². The summed E-state index contributed by atoms with van der Waals surface area (Å²) in [5.74, 6) is -0.575. The molecule has 0 aromatic carbocycles. The van der Waals surface area contributed by atoms with Crippen LogP contribution in [0.5, 0.6) is 0 Å². The highest BCUT2D eigenvalue weighted by Gasteiger charge is 2.29. The molecule has 0 aromatic rings. The molecule has 2 atom stereocenters. The lowest BCUT2D eigenvalue weighted by molar-refractivity contribution is -0.158. The van der Waals surface area contributed by atoms with Gasteiger partial charge in [0.05, 0.1) is 0 Å². The fourth-order valence-corrected chi connectivity index (χ4v) is 1.91. The minimum absolute atomic E-state index is 0.237. The average Bonchev–Trinajstić information content (AvgIpc) is 2.42. The molecule has 4 heteroatoms. The Labute approximate surface area is 135 Å². The van der Waals surface area contributed by atoms with Crippen molar-refractivity contribution in [1.29, 1.82) is 0 Å². The second kappa shape index (κ2) is 8.35. The van der Waals surface area contributed by atoms with E-state index < -0.39 is 23.1 Å². The lowest BCUT2D eigenvalue weighted by Crippen LogP contribution is -2.35. The Morgan fingerprint density at radius 2 is 1.09 bits per heavy atom. The van der Waals surface area contributed by atoms with Crippen molar-refractivity contribution in [3.63, 3.8) is 0 Å². The van der Waals surface area contributed by atoms with Gasteiger partial charge in [0.15, 0.2) is 0 Å². The van der Waals surface area contributed by atoms with Crippen molar-refractivity contribution in [3.05, 3.63) is 12.2 Å². The molecule has 0 aliphatic rings.